The maximum absolute atomic E-state index is 12.7. The zero-order chi connectivity index (χ0) is 19.0. The van der Waals surface area contributed by atoms with Crippen molar-refractivity contribution in [2.24, 2.45) is 5.41 Å². The van der Waals surface area contributed by atoms with Gasteiger partial charge in [-0.05, 0) is 57.5 Å². The van der Waals surface area contributed by atoms with Crippen LogP contribution in [0.2, 0.25) is 0 Å². The van der Waals surface area contributed by atoms with Gasteiger partial charge in [0.2, 0.25) is 5.91 Å². The van der Waals surface area contributed by atoms with Gasteiger partial charge in [0.25, 0.3) is 5.91 Å². The van der Waals surface area contributed by atoms with E-state index in [1.165, 1.54) is 30.6 Å². The predicted octanol–water partition coefficient (Wildman–Crippen LogP) is 1.53. The number of carbonyl (C=O) groups excluding carboxylic acids is 3. The van der Waals surface area contributed by atoms with Crippen molar-refractivity contribution in [1.82, 2.24) is 19.6 Å². The summed E-state index contributed by atoms with van der Waals surface area (Å²) >= 11 is 0. The number of urea groups is 1. The molecule has 1 spiro atoms. The molecule has 4 saturated heterocycles. The lowest BCUT2D eigenvalue weighted by molar-refractivity contribution is -0.135. The average molecular weight is 377 g/mol. The highest BCUT2D eigenvalue weighted by Gasteiger charge is 2.56. The zero-order valence-corrected chi connectivity index (χ0v) is 16.5. The van der Waals surface area contributed by atoms with Crippen LogP contribution in [0.1, 0.15) is 51.9 Å². The monoisotopic (exact) mass is 376 g/mol. The molecule has 0 bridgehead atoms. The van der Waals surface area contributed by atoms with Gasteiger partial charge in [0.15, 0.2) is 0 Å². The van der Waals surface area contributed by atoms with Crippen LogP contribution >= 0.6 is 0 Å². The molecule has 7 nitrogen and oxygen atoms in total. The Morgan fingerprint density at radius 2 is 1.70 bits per heavy atom. The minimum atomic E-state index is -0.267. The fourth-order valence-corrected chi connectivity index (χ4v) is 5.38. The van der Waals surface area contributed by atoms with Crippen LogP contribution in [-0.2, 0) is 9.59 Å². The first-order valence-corrected chi connectivity index (χ1v) is 10.7. The molecule has 7 heteroatoms. The van der Waals surface area contributed by atoms with Crippen LogP contribution in [0.3, 0.4) is 0 Å². The fourth-order valence-electron chi connectivity index (χ4n) is 5.38. The normalized spacial score (nSPS) is 28.8. The summed E-state index contributed by atoms with van der Waals surface area (Å²) in [4.78, 5) is 45.1. The molecule has 27 heavy (non-hydrogen) atoms. The van der Waals surface area contributed by atoms with Crippen molar-refractivity contribution in [3.05, 3.63) is 0 Å². The molecule has 4 rings (SSSR count). The Bertz CT molecular complexity index is 580. The van der Waals surface area contributed by atoms with E-state index in [4.69, 9.17) is 0 Å². The molecule has 0 saturated carbocycles. The summed E-state index contributed by atoms with van der Waals surface area (Å²) in [5, 5.41) is 0. The molecule has 4 aliphatic rings. The maximum atomic E-state index is 12.7. The van der Waals surface area contributed by atoms with Crippen LogP contribution in [0.25, 0.3) is 0 Å². The molecule has 4 aliphatic heterocycles. The molecule has 0 aromatic heterocycles. The molecule has 0 N–H and O–H groups in total. The van der Waals surface area contributed by atoms with Crippen molar-refractivity contribution >= 4 is 17.8 Å². The predicted molar refractivity (Wildman–Crippen MR) is 101 cm³/mol. The summed E-state index contributed by atoms with van der Waals surface area (Å²) in [6.45, 7) is 7.12. The van der Waals surface area contributed by atoms with Gasteiger partial charge < -0.3 is 9.80 Å². The van der Waals surface area contributed by atoms with Gasteiger partial charge in [0, 0.05) is 26.2 Å². The number of nitrogens with zero attached hydrogens (tertiary/aromatic N) is 4. The average Bonchev–Trinajstić information content (AvgIpc) is 2.97. The Morgan fingerprint density at radius 1 is 1.04 bits per heavy atom. The van der Waals surface area contributed by atoms with Crippen LogP contribution in [0.4, 0.5) is 4.79 Å². The van der Waals surface area contributed by atoms with Crippen molar-refractivity contribution in [3.63, 3.8) is 0 Å². The molecule has 4 fully saturated rings. The summed E-state index contributed by atoms with van der Waals surface area (Å²) in [7, 11) is 0. The Morgan fingerprint density at radius 3 is 2.30 bits per heavy atom. The number of hydrogen-bond acceptors (Lipinski definition) is 4. The highest BCUT2D eigenvalue weighted by atomic mass is 16.2. The van der Waals surface area contributed by atoms with Gasteiger partial charge in [0.05, 0.1) is 6.54 Å². The molecule has 0 aliphatic carbocycles. The van der Waals surface area contributed by atoms with Crippen LogP contribution < -0.4 is 0 Å². The minimum absolute atomic E-state index is 0.0230. The molecule has 0 radical (unpaired) electrons. The number of carbonyl (C=O) groups is 3. The summed E-state index contributed by atoms with van der Waals surface area (Å²) in [6, 6.07) is -0.388. The van der Waals surface area contributed by atoms with Gasteiger partial charge >= 0.3 is 6.03 Å². The Balaban J connectivity index is 1.31. The van der Waals surface area contributed by atoms with Crippen molar-refractivity contribution < 1.29 is 14.4 Å². The van der Waals surface area contributed by atoms with E-state index in [0.717, 1.165) is 45.4 Å². The molecule has 1 unspecified atom stereocenters. The van der Waals surface area contributed by atoms with E-state index in [1.807, 2.05) is 11.8 Å². The summed E-state index contributed by atoms with van der Waals surface area (Å²) in [5.41, 5.74) is 0.0230. The van der Waals surface area contributed by atoms with Gasteiger partial charge in [-0.15, -0.1) is 0 Å². The third-order valence-electron chi connectivity index (χ3n) is 7.09. The number of rotatable bonds is 3. The van der Waals surface area contributed by atoms with E-state index >= 15 is 0 Å². The molecule has 0 aromatic carbocycles. The zero-order valence-electron chi connectivity index (χ0n) is 16.5. The van der Waals surface area contributed by atoms with E-state index in [9.17, 15) is 14.4 Å². The number of piperidine rings is 1. The Hall–Kier alpha value is -1.63. The molecular weight excluding hydrogens is 344 g/mol. The first-order chi connectivity index (χ1) is 13.0. The van der Waals surface area contributed by atoms with Crippen LogP contribution in [0, 0.1) is 5.41 Å². The molecular formula is C20H32N4O3. The molecule has 1 atom stereocenters. The van der Waals surface area contributed by atoms with Crippen LogP contribution in [0.5, 0.6) is 0 Å². The van der Waals surface area contributed by atoms with Gasteiger partial charge in [0.1, 0.15) is 6.04 Å². The molecule has 150 valence electrons. The summed E-state index contributed by atoms with van der Waals surface area (Å²) in [6.07, 6.45) is 7.52. The number of fused-ring (bicyclic) bond motifs is 1. The Labute approximate surface area is 161 Å². The second-order valence-corrected chi connectivity index (χ2v) is 8.78. The summed E-state index contributed by atoms with van der Waals surface area (Å²) in [5.74, 6) is 0.216. The van der Waals surface area contributed by atoms with Crippen molar-refractivity contribution in [3.8, 4) is 0 Å². The van der Waals surface area contributed by atoms with Crippen molar-refractivity contribution in [2.75, 3.05) is 45.8 Å². The summed E-state index contributed by atoms with van der Waals surface area (Å²) < 4.78 is 0. The van der Waals surface area contributed by atoms with Gasteiger partial charge in [-0.3, -0.25) is 19.4 Å². The number of likely N-dealkylation sites (N-methyl/N-ethyl adjacent to an activating group) is 1. The van der Waals surface area contributed by atoms with Gasteiger partial charge in [-0.2, -0.15) is 0 Å². The number of likely N-dealkylation sites (tertiary alicyclic amines) is 2. The number of imide groups is 1. The largest absolute Gasteiger partial charge is 0.342 e. The standard InChI is InChI=1S/C20H32N4O3/c1-2-23-18(26)16-13-20(15-24(16)19(23)27)7-11-22(12-8-20)17(25)14-21-9-5-3-4-6-10-21/h16H,2-15H2,1H3. The van der Waals surface area contributed by atoms with Gasteiger partial charge in [-0.25, -0.2) is 4.79 Å². The smallest absolute Gasteiger partial charge is 0.327 e. The fraction of sp³-hybridized carbons (Fsp3) is 0.850. The second kappa shape index (κ2) is 7.41. The third-order valence-corrected chi connectivity index (χ3v) is 7.09. The quantitative estimate of drug-likeness (QED) is 0.701. The van der Waals surface area contributed by atoms with Crippen LogP contribution in [-0.4, -0.2) is 89.3 Å². The first-order valence-electron chi connectivity index (χ1n) is 10.7. The molecule has 4 heterocycles. The highest BCUT2D eigenvalue weighted by Crippen LogP contribution is 2.46. The molecule has 4 amide bonds. The maximum Gasteiger partial charge on any atom is 0.327 e. The van der Waals surface area contributed by atoms with Crippen molar-refractivity contribution in [2.45, 2.75) is 57.9 Å². The first kappa shape index (κ1) is 18.7. The van der Waals surface area contributed by atoms with E-state index in [0.29, 0.717) is 19.6 Å². The minimum Gasteiger partial charge on any atom is -0.342 e. The van der Waals surface area contributed by atoms with E-state index < -0.39 is 0 Å². The topological polar surface area (TPSA) is 64.2 Å². The Kier molecular flexibility index (Phi) is 5.14. The van der Waals surface area contributed by atoms with Crippen LogP contribution in [0.15, 0.2) is 0 Å². The number of hydrogen-bond donors (Lipinski definition) is 0. The SMILES string of the molecule is CCN1C(=O)C2CC3(CCN(C(=O)CN4CCCCCC4)CC3)CN2C1=O. The van der Waals surface area contributed by atoms with E-state index in [1.54, 1.807) is 4.90 Å². The van der Waals surface area contributed by atoms with E-state index in [-0.39, 0.29) is 29.3 Å². The lowest BCUT2D eigenvalue weighted by atomic mass is 9.76. The van der Waals surface area contributed by atoms with E-state index in [2.05, 4.69) is 4.90 Å². The lowest BCUT2D eigenvalue weighted by Gasteiger charge is -2.40. The van der Waals surface area contributed by atoms with Gasteiger partial charge in [-0.1, -0.05) is 12.8 Å². The lowest BCUT2D eigenvalue weighted by Crippen LogP contribution is -2.48. The highest BCUT2D eigenvalue weighted by molar-refractivity contribution is 6.04. The number of amides is 4. The van der Waals surface area contributed by atoms with Crippen molar-refractivity contribution in [1.29, 1.82) is 0 Å². The second-order valence-electron chi connectivity index (χ2n) is 8.78. The third kappa shape index (κ3) is 3.46. The molecule has 0 aromatic rings.